The third-order valence-electron chi connectivity index (χ3n) is 4.92. The maximum Gasteiger partial charge on any atom is -1.00 e. The number of anilines is 1. The van der Waals surface area contributed by atoms with E-state index >= 15 is 0 Å². The molecule has 1 atom stereocenters. The van der Waals surface area contributed by atoms with Gasteiger partial charge in [0.25, 0.3) is 0 Å². The number of halogens is 2. The third-order valence-corrected chi connectivity index (χ3v) is 9.91. The summed E-state index contributed by atoms with van der Waals surface area (Å²) in [6.07, 6.45) is 0. The molecule has 0 radical (unpaired) electrons. The van der Waals surface area contributed by atoms with Crippen molar-refractivity contribution in [2.75, 3.05) is 11.9 Å². The Bertz CT molecular complexity index is 842. The van der Waals surface area contributed by atoms with Crippen LogP contribution in [0.1, 0.15) is 14.8 Å². The number of nitrogens with one attached hydrogen (secondary N) is 1. The molecule has 2 aromatic carbocycles. The number of fused-ring (bicyclic) bond motifs is 1. The number of hydrogen-bond acceptors (Lipinski definition) is 2. The average molecular weight is 457 g/mol. The van der Waals surface area contributed by atoms with Gasteiger partial charge in [-0.3, -0.25) is 0 Å². The number of hydrogen-bond donors (Lipinski definition) is 2. The van der Waals surface area contributed by atoms with Crippen LogP contribution in [-0.4, -0.2) is 25.7 Å². The van der Waals surface area contributed by atoms with E-state index in [4.69, 9.17) is 5.11 Å². The molecule has 3 aliphatic rings. The van der Waals surface area contributed by atoms with Gasteiger partial charge in [-0.2, -0.15) is 0 Å². The predicted molar refractivity (Wildman–Crippen MR) is 86.2 cm³/mol. The molecule has 2 aliphatic heterocycles. The third kappa shape index (κ3) is 2.48. The van der Waals surface area contributed by atoms with Gasteiger partial charge in [0.15, 0.2) is 0 Å². The summed E-state index contributed by atoms with van der Waals surface area (Å²) in [5.41, 5.74) is 6.54. The zero-order chi connectivity index (χ0) is 15.6. The van der Waals surface area contributed by atoms with Crippen LogP contribution in [0.2, 0.25) is 13.1 Å². The van der Waals surface area contributed by atoms with E-state index < -0.39 is 14.7 Å². The second-order valence-corrected chi connectivity index (χ2v) is 12.2. The Morgan fingerprint density at radius 2 is 1.92 bits per heavy atom. The SMILES string of the molecule is C[Si]1(C)c2cc3c(c1c2NC(=O)CO)[CH]([Zr+2])c1ccccc1-3.[Cl-].[Cl-]. The molecular formula is C17H16Cl2NO2SiZr. The molecular weight excluding hydrogens is 440 g/mol. The van der Waals surface area contributed by atoms with Crippen LogP contribution in [0.15, 0.2) is 30.3 Å². The standard InChI is InChI=1S/C17H16NO2Si.2ClH.Zr/c1-21(2)14-8-12-11-6-4-3-5-10(11)7-13(12)17(21)16(14)18-15(20)9-19;;;/h3-8,19H,9H2,1-2H3,(H,18,20);2*1H;/q;;;+2/p-2. The molecule has 2 heterocycles. The topological polar surface area (TPSA) is 49.3 Å². The van der Waals surface area contributed by atoms with Crippen molar-refractivity contribution in [3.8, 4) is 11.1 Å². The van der Waals surface area contributed by atoms with Gasteiger partial charge in [-0.15, -0.1) is 0 Å². The van der Waals surface area contributed by atoms with Gasteiger partial charge in [0.1, 0.15) is 0 Å². The summed E-state index contributed by atoms with van der Waals surface area (Å²) in [5, 5.41) is 14.6. The minimum Gasteiger partial charge on any atom is -1.00 e. The van der Waals surface area contributed by atoms with Crippen molar-refractivity contribution in [2.45, 2.75) is 16.7 Å². The Morgan fingerprint density at radius 3 is 2.58 bits per heavy atom. The predicted octanol–water partition coefficient (Wildman–Crippen LogP) is -4.62. The first-order valence-corrected chi connectivity index (χ1v) is 11.8. The van der Waals surface area contributed by atoms with E-state index in [0.29, 0.717) is 3.63 Å². The van der Waals surface area contributed by atoms with Crippen LogP contribution in [-0.2, 0) is 29.5 Å². The van der Waals surface area contributed by atoms with Gasteiger partial charge in [0, 0.05) is 0 Å². The fourth-order valence-electron chi connectivity index (χ4n) is 3.89. The average Bonchev–Trinajstić information content (AvgIpc) is 2.80. The largest absolute Gasteiger partial charge is 1.00 e. The molecule has 1 aliphatic carbocycles. The van der Waals surface area contributed by atoms with Crippen LogP contribution in [0.25, 0.3) is 11.1 Å². The molecule has 1 amide bonds. The normalized spacial score (nSPS) is 17.6. The fraction of sp³-hybridized carbons (Fsp3) is 0.235. The summed E-state index contributed by atoms with van der Waals surface area (Å²) in [6.45, 7) is 4.23. The summed E-state index contributed by atoms with van der Waals surface area (Å²) >= 11 is 1.49. The van der Waals surface area contributed by atoms with Gasteiger partial charge in [-0.25, -0.2) is 0 Å². The molecule has 5 rings (SSSR count). The molecule has 0 fully saturated rings. The maximum absolute atomic E-state index is 11.6. The van der Waals surface area contributed by atoms with Crippen molar-refractivity contribution in [1.82, 2.24) is 0 Å². The monoisotopic (exact) mass is 454 g/mol. The second kappa shape index (κ2) is 6.69. The molecule has 1 unspecified atom stereocenters. The number of amides is 1. The molecule has 0 saturated carbocycles. The Kier molecular flexibility index (Phi) is 5.54. The Labute approximate surface area is 169 Å². The van der Waals surface area contributed by atoms with Gasteiger partial charge in [-0.1, -0.05) is 0 Å². The van der Waals surface area contributed by atoms with Gasteiger partial charge in [0.2, 0.25) is 0 Å². The Balaban J connectivity index is 0.00000104. The van der Waals surface area contributed by atoms with Gasteiger partial charge in [-0.05, 0) is 0 Å². The Hall–Kier alpha value is -0.450. The summed E-state index contributed by atoms with van der Waals surface area (Å²) < 4.78 is 0.458. The first kappa shape index (κ1) is 19.9. The molecule has 3 nitrogen and oxygen atoms in total. The minimum absolute atomic E-state index is 0. The number of rotatable bonds is 2. The fourth-order valence-corrected chi connectivity index (χ4v) is 8.78. The molecule has 0 spiro atoms. The second-order valence-electron chi connectivity index (χ2n) is 6.49. The molecule has 2 N–H and O–H groups in total. The number of carbonyl (C=O) groups is 1. The van der Waals surface area contributed by atoms with E-state index in [9.17, 15) is 4.79 Å². The van der Waals surface area contributed by atoms with Crippen molar-refractivity contribution in [2.24, 2.45) is 0 Å². The molecule has 24 heavy (non-hydrogen) atoms. The summed E-state index contributed by atoms with van der Waals surface area (Å²) in [5.74, 6) is -0.317. The summed E-state index contributed by atoms with van der Waals surface area (Å²) in [7, 11) is -1.61. The van der Waals surface area contributed by atoms with Crippen LogP contribution in [0.5, 0.6) is 0 Å². The van der Waals surface area contributed by atoms with Crippen LogP contribution in [0.3, 0.4) is 0 Å². The van der Waals surface area contributed by atoms with Crippen LogP contribution in [0.4, 0.5) is 5.69 Å². The van der Waals surface area contributed by atoms with Crippen molar-refractivity contribution in [3.05, 3.63) is 41.5 Å². The van der Waals surface area contributed by atoms with E-state index in [1.165, 1.54) is 57.3 Å². The van der Waals surface area contributed by atoms with E-state index in [2.05, 4.69) is 48.7 Å². The quantitative estimate of drug-likeness (QED) is 0.447. The van der Waals surface area contributed by atoms with E-state index in [1.807, 2.05) is 0 Å². The Morgan fingerprint density at radius 1 is 1.25 bits per heavy atom. The van der Waals surface area contributed by atoms with E-state index in [0.717, 1.165) is 5.69 Å². The van der Waals surface area contributed by atoms with E-state index in [-0.39, 0.29) is 30.7 Å². The molecule has 7 heteroatoms. The van der Waals surface area contributed by atoms with Gasteiger partial charge in [0.05, 0.1) is 0 Å². The molecule has 2 aromatic rings. The number of aliphatic hydroxyl groups is 1. The van der Waals surface area contributed by atoms with Crippen LogP contribution < -0.4 is 40.5 Å². The smallest absolute Gasteiger partial charge is 1.00 e. The molecule has 2 bridgehead atoms. The zero-order valence-corrected chi connectivity index (χ0v) is 18.3. The first-order valence-electron chi connectivity index (χ1n) is 7.39. The van der Waals surface area contributed by atoms with Crippen molar-refractivity contribution in [3.63, 3.8) is 0 Å². The number of aliphatic hydroxyl groups excluding tert-OH is 1. The summed E-state index contributed by atoms with van der Waals surface area (Å²) in [4.78, 5) is 11.6. The number of carbonyl (C=O) groups excluding carboxylic acids is 1. The minimum atomic E-state index is -1.61. The molecule has 123 valence electrons. The van der Waals surface area contributed by atoms with Crippen molar-refractivity contribution < 1.29 is 59.4 Å². The molecule has 0 aromatic heterocycles. The first-order chi connectivity index (χ1) is 10.5. The van der Waals surface area contributed by atoms with Gasteiger partial charge < -0.3 is 24.8 Å². The van der Waals surface area contributed by atoms with E-state index in [1.54, 1.807) is 0 Å². The van der Waals surface area contributed by atoms with Crippen LogP contribution >= 0.6 is 0 Å². The maximum atomic E-state index is 11.6. The molecule has 0 saturated heterocycles. The zero-order valence-electron chi connectivity index (χ0n) is 13.3. The van der Waals surface area contributed by atoms with Crippen LogP contribution in [0, 0.1) is 0 Å². The summed E-state index contributed by atoms with van der Waals surface area (Å²) in [6, 6.07) is 10.9. The van der Waals surface area contributed by atoms with Crippen molar-refractivity contribution in [1.29, 1.82) is 0 Å². The number of benzene rings is 2. The van der Waals surface area contributed by atoms with Crippen molar-refractivity contribution >= 4 is 30.0 Å². The van der Waals surface area contributed by atoms with Gasteiger partial charge >= 0.3 is 146 Å².